The molecule has 2 aliphatic heterocycles. The maximum atomic E-state index is 13.0. The summed E-state index contributed by atoms with van der Waals surface area (Å²) in [7, 11) is 0. The summed E-state index contributed by atoms with van der Waals surface area (Å²) in [6.45, 7) is 5.99. The van der Waals surface area contributed by atoms with Gasteiger partial charge in [-0.3, -0.25) is 14.7 Å². The van der Waals surface area contributed by atoms with Gasteiger partial charge in [0, 0.05) is 51.5 Å². The summed E-state index contributed by atoms with van der Waals surface area (Å²) in [4.78, 5) is 21.9. The van der Waals surface area contributed by atoms with E-state index in [0.717, 1.165) is 70.0 Å². The lowest BCUT2D eigenvalue weighted by Crippen LogP contribution is -2.49. The molecule has 5 rings (SSSR count). The highest BCUT2D eigenvalue weighted by atomic mass is 16.5. The Labute approximate surface area is 217 Å². The van der Waals surface area contributed by atoms with E-state index in [1.165, 1.54) is 56.3 Å². The van der Waals surface area contributed by atoms with Crippen LogP contribution in [-0.2, 0) is 17.6 Å². The summed E-state index contributed by atoms with van der Waals surface area (Å²) >= 11 is 0. The molecule has 5 heteroatoms. The summed E-state index contributed by atoms with van der Waals surface area (Å²) in [6.07, 6.45) is 16.1. The predicted molar refractivity (Wildman–Crippen MR) is 144 cm³/mol. The van der Waals surface area contributed by atoms with E-state index >= 15 is 0 Å². The number of nitrogens with zero attached hydrogens (tertiary/aromatic N) is 3. The van der Waals surface area contributed by atoms with Gasteiger partial charge in [0.25, 0.3) is 0 Å². The summed E-state index contributed by atoms with van der Waals surface area (Å²) in [6, 6.07) is 12.7. The van der Waals surface area contributed by atoms with Crippen molar-refractivity contribution in [1.82, 2.24) is 14.8 Å². The van der Waals surface area contributed by atoms with E-state index in [1.54, 1.807) is 0 Å². The molecule has 1 saturated carbocycles. The monoisotopic (exact) mass is 489 g/mol. The average molecular weight is 490 g/mol. The topological polar surface area (TPSA) is 45.7 Å². The third-order valence-electron chi connectivity index (χ3n) is 8.60. The molecule has 0 bridgehead atoms. The first kappa shape index (κ1) is 25.3. The SMILES string of the molecule is O=C(CCCc1ccncc1)N1CCC2(CCCCc3ccccc3OCCN(CC3CC3)C2)CC1. The lowest BCUT2D eigenvalue weighted by atomic mass is 9.73. The Morgan fingerprint density at radius 3 is 2.61 bits per heavy atom. The molecule has 1 amide bonds. The molecule has 1 aliphatic carbocycles. The average Bonchev–Trinajstić information content (AvgIpc) is 3.72. The van der Waals surface area contributed by atoms with Crippen molar-refractivity contribution in [3.05, 3.63) is 59.9 Å². The van der Waals surface area contributed by atoms with Crippen LogP contribution < -0.4 is 4.74 Å². The van der Waals surface area contributed by atoms with Gasteiger partial charge in [-0.25, -0.2) is 0 Å². The van der Waals surface area contributed by atoms with Gasteiger partial charge < -0.3 is 9.64 Å². The zero-order chi connectivity index (χ0) is 24.6. The van der Waals surface area contributed by atoms with Crippen LogP contribution >= 0.6 is 0 Å². The molecule has 0 atom stereocenters. The molecule has 0 radical (unpaired) electrons. The number of aromatic nitrogens is 1. The molecular weight excluding hydrogens is 446 g/mol. The number of carbonyl (C=O) groups excluding carboxylic acids is 1. The molecular formula is C31H43N3O2. The number of hydrogen-bond donors (Lipinski definition) is 0. The first-order valence-corrected chi connectivity index (χ1v) is 14.3. The van der Waals surface area contributed by atoms with Crippen LogP contribution in [0.1, 0.15) is 68.9 Å². The molecule has 1 spiro atoms. The minimum absolute atomic E-state index is 0.335. The number of likely N-dealkylation sites (tertiary alicyclic amines) is 1. The van der Waals surface area contributed by atoms with Gasteiger partial charge in [0.2, 0.25) is 5.91 Å². The van der Waals surface area contributed by atoms with Gasteiger partial charge in [-0.05, 0) is 98.4 Å². The molecule has 0 N–H and O–H groups in total. The normalized spacial score (nSPS) is 21.2. The van der Waals surface area contributed by atoms with E-state index in [-0.39, 0.29) is 0 Å². The summed E-state index contributed by atoms with van der Waals surface area (Å²) in [5.74, 6) is 2.30. The fraction of sp³-hybridized carbons (Fsp3) is 0.613. The van der Waals surface area contributed by atoms with Gasteiger partial charge >= 0.3 is 0 Å². The molecule has 2 aromatic rings. The van der Waals surface area contributed by atoms with E-state index in [9.17, 15) is 4.79 Å². The van der Waals surface area contributed by atoms with E-state index in [1.807, 2.05) is 12.4 Å². The minimum atomic E-state index is 0.335. The summed E-state index contributed by atoms with van der Waals surface area (Å²) < 4.78 is 6.29. The van der Waals surface area contributed by atoms with Crippen molar-refractivity contribution in [3.63, 3.8) is 0 Å². The number of para-hydroxylation sites is 1. The lowest BCUT2D eigenvalue weighted by Gasteiger charge is -2.45. The van der Waals surface area contributed by atoms with Crippen molar-refractivity contribution in [2.75, 3.05) is 39.3 Å². The van der Waals surface area contributed by atoms with Crippen molar-refractivity contribution in [2.24, 2.45) is 11.3 Å². The van der Waals surface area contributed by atoms with Gasteiger partial charge in [0.15, 0.2) is 0 Å². The molecule has 194 valence electrons. The number of piperidine rings is 1. The Morgan fingerprint density at radius 2 is 1.81 bits per heavy atom. The quantitative estimate of drug-likeness (QED) is 0.535. The second-order valence-corrected chi connectivity index (χ2v) is 11.4. The van der Waals surface area contributed by atoms with Crippen molar-refractivity contribution >= 4 is 5.91 Å². The van der Waals surface area contributed by atoms with Gasteiger partial charge in [-0.2, -0.15) is 0 Å². The van der Waals surface area contributed by atoms with Crippen LogP contribution in [-0.4, -0.2) is 60.0 Å². The zero-order valence-electron chi connectivity index (χ0n) is 21.9. The Morgan fingerprint density at radius 1 is 1.00 bits per heavy atom. The van der Waals surface area contributed by atoms with Crippen LogP contribution in [0, 0.1) is 11.3 Å². The van der Waals surface area contributed by atoms with E-state index < -0.39 is 0 Å². The molecule has 36 heavy (non-hydrogen) atoms. The van der Waals surface area contributed by atoms with Crippen LogP contribution in [0.3, 0.4) is 0 Å². The Balaban J connectivity index is 1.18. The highest BCUT2D eigenvalue weighted by Gasteiger charge is 2.38. The highest BCUT2D eigenvalue weighted by Crippen LogP contribution is 2.40. The van der Waals surface area contributed by atoms with Crippen molar-refractivity contribution in [2.45, 2.75) is 70.6 Å². The number of carbonyl (C=O) groups is 1. The number of pyridine rings is 1. The van der Waals surface area contributed by atoms with Gasteiger partial charge in [0.1, 0.15) is 12.4 Å². The number of amides is 1. The third kappa shape index (κ3) is 7.09. The van der Waals surface area contributed by atoms with Crippen molar-refractivity contribution in [1.29, 1.82) is 0 Å². The van der Waals surface area contributed by atoms with E-state index in [0.29, 0.717) is 17.7 Å². The van der Waals surface area contributed by atoms with Gasteiger partial charge in [-0.15, -0.1) is 0 Å². The fourth-order valence-corrected chi connectivity index (χ4v) is 6.20. The van der Waals surface area contributed by atoms with Crippen molar-refractivity contribution < 1.29 is 9.53 Å². The van der Waals surface area contributed by atoms with E-state index in [2.05, 4.69) is 51.2 Å². The Bertz CT molecular complexity index is 967. The molecule has 1 saturated heterocycles. The molecule has 0 unspecified atom stereocenters. The smallest absolute Gasteiger partial charge is 0.222 e. The van der Waals surface area contributed by atoms with Crippen LogP contribution in [0.15, 0.2) is 48.8 Å². The number of aryl methyl sites for hydroxylation is 2. The van der Waals surface area contributed by atoms with Gasteiger partial charge in [-0.1, -0.05) is 24.6 Å². The van der Waals surface area contributed by atoms with Crippen LogP contribution in [0.5, 0.6) is 5.75 Å². The van der Waals surface area contributed by atoms with Gasteiger partial charge in [0.05, 0.1) is 0 Å². The molecule has 5 nitrogen and oxygen atoms in total. The largest absolute Gasteiger partial charge is 0.492 e. The molecule has 1 aromatic carbocycles. The molecule has 3 aliphatic rings. The Kier molecular flexibility index (Phi) is 8.58. The molecule has 1 aromatic heterocycles. The maximum absolute atomic E-state index is 13.0. The number of hydrogen-bond acceptors (Lipinski definition) is 4. The maximum Gasteiger partial charge on any atom is 0.222 e. The second kappa shape index (κ2) is 12.2. The van der Waals surface area contributed by atoms with Crippen molar-refractivity contribution in [3.8, 4) is 5.75 Å². The standard InChI is InChI=1S/C31H43N3O2/c35-30(10-5-6-26-13-18-32-19-14-26)34-20-16-31(17-21-34)15-4-3-8-28-7-1-2-9-29(28)36-23-22-33(25-31)24-27-11-12-27/h1-2,7,9,13-14,18-19,27H,3-6,8,10-12,15-17,20-25H2. The summed E-state index contributed by atoms with van der Waals surface area (Å²) in [5.41, 5.74) is 2.96. The fourth-order valence-electron chi connectivity index (χ4n) is 6.20. The predicted octanol–water partition coefficient (Wildman–Crippen LogP) is 5.53. The molecule has 2 fully saturated rings. The number of rotatable bonds is 6. The first-order chi connectivity index (χ1) is 17.7. The summed E-state index contributed by atoms with van der Waals surface area (Å²) in [5, 5.41) is 0. The second-order valence-electron chi connectivity index (χ2n) is 11.4. The third-order valence-corrected chi connectivity index (χ3v) is 8.60. The van der Waals surface area contributed by atoms with Crippen LogP contribution in [0.4, 0.5) is 0 Å². The Hall–Kier alpha value is -2.40. The first-order valence-electron chi connectivity index (χ1n) is 14.3. The number of ether oxygens (including phenoxy) is 1. The zero-order valence-corrected chi connectivity index (χ0v) is 21.9. The van der Waals surface area contributed by atoms with Crippen LogP contribution in [0.2, 0.25) is 0 Å². The molecule has 3 heterocycles. The van der Waals surface area contributed by atoms with Crippen LogP contribution in [0.25, 0.3) is 0 Å². The number of fused-ring (bicyclic) bond motifs is 1. The minimum Gasteiger partial charge on any atom is -0.492 e. The lowest BCUT2D eigenvalue weighted by molar-refractivity contribution is -0.134. The number of benzene rings is 1. The highest BCUT2D eigenvalue weighted by molar-refractivity contribution is 5.76. The van der Waals surface area contributed by atoms with E-state index in [4.69, 9.17) is 4.74 Å².